The first-order valence-corrected chi connectivity index (χ1v) is 40.9. The van der Waals surface area contributed by atoms with Gasteiger partial charge in [0.2, 0.25) is 6.71 Å². The van der Waals surface area contributed by atoms with Gasteiger partial charge in [-0.05, 0) is 210 Å². The smallest absolute Gasteiger partial charge is 0.246 e. The second kappa shape index (κ2) is 28.9. The number of nitrogens with zero attached hydrogens (tertiary/aromatic N) is 7. The maximum atomic E-state index is 6.71. The van der Waals surface area contributed by atoms with Gasteiger partial charge in [0.05, 0.1) is 61.6 Å². The van der Waals surface area contributed by atoms with Crippen molar-refractivity contribution in [3.8, 4) is 56.5 Å². The van der Waals surface area contributed by atoms with Gasteiger partial charge in [0, 0.05) is 78.0 Å². The second-order valence-corrected chi connectivity index (χ2v) is 31.2. The highest BCUT2D eigenvalue weighted by molar-refractivity contribution is 6.98. The number of ether oxygens (including phenoxy) is 1. The lowest BCUT2D eigenvalue weighted by atomic mass is 9.35. The number of hydrogen-bond acceptors (Lipinski definition) is 6. The van der Waals surface area contributed by atoms with E-state index in [0.29, 0.717) is 0 Å². The molecule has 17 aromatic carbocycles. The van der Waals surface area contributed by atoms with Crippen molar-refractivity contribution in [2.75, 3.05) is 14.7 Å². The zero-order valence-electron chi connectivity index (χ0n) is 66.0. The molecular weight excluding hydrogens is 1450 g/mol. The molecule has 0 saturated heterocycles. The van der Waals surface area contributed by atoms with Crippen molar-refractivity contribution in [1.82, 2.24) is 19.1 Å². The molecule has 0 N–H and O–H groups in total. The van der Waals surface area contributed by atoms with Crippen molar-refractivity contribution in [3.63, 3.8) is 0 Å². The Balaban J connectivity index is 0.000000146. The highest BCUT2D eigenvalue weighted by Gasteiger charge is 2.47. The number of benzene rings is 17. The van der Waals surface area contributed by atoms with Gasteiger partial charge in [0.25, 0.3) is 0 Å². The minimum absolute atomic E-state index is 0.0748. The Morgan fingerprint density at radius 1 is 0.269 bits per heavy atom. The highest BCUT2D eigenvalue weighted by atomic mass is 16.5. The minimum atomic E-state index is -0.616. The van der Waals surface area contributed by atoms with Crippen LogP contribution in [0, 0.1) is 20.8 Å². The van der Waals surface area contributed by atoms with Crippen molar-refractivity contribution in [3.05, 3.63) is 458 Å². The van der Waals surface area contributed by atoms with Crippen molar-refractivity contribution in [2.45, 2.75) is 26.2 Å². The van der Waals surface area contributed by atoms with E-state index in [1.54, 1.807) is 0 Å². The number of aromatic nitrogens is 4. The number of anilines is 9. The van der Waals surface area contributed by atoms with Gasteiger partial charge < -0.3 is 28.6 Å². The van der Waals surface area contributed by atoms with Crippen LogP contribution in [0.2, 0.25) is 0 Å². The minimum Gasteiger partial charge on any atom is -0.453 e. The molecule has 8 nitrogen and oxygen atoms in total. The second-order valence-electron chi connectivity index (χ2n) is 31.2. The molecule has 0 atom stereocenters. The summed E-state index contributed by atoms with van der Waals surface area (Å²) in [4.78, 5) is 16.9. The topological polar surface area (TPSA) is 54.6 Å². The van der Waals surface area contributed by atoms with E-state index in [1.807, 2.05) is 25.1 Å². The molecule has 0 bridgehead atoms. The number of fused-ring (bicyclic) bond motifs is 12. The summed E-state index contributed by atoms with van der Waals surface area (Å²) in [5.74, 6) is 2.40. The molecule has 119 heavy (non-hydrogen) atoms. The molecule has 23 rings (SSSR count). The van der Waals surface area contributed by atoms with Crippen molar-refractivity contribution < 1.29 is 4.74 Å². The monoisotopic (exact) mass is 1520 g/mol. The van der Waals surface area contributed by atoms with Gasteiger partial charge in [-0.25, -0.2) is 9.97 Å². The van der Waals surface area contributed by atoms with Crippen molar-refractivity contribution in [2.24, 2.45) is 0 Å². The van der Waals surface area contributed by atoms with Gasteiger partial charge in [-0.15, -0.1) is 0 Å². The summed E-state index contributed by atoms with van der Waals surface area (Å²) in [5, 5.41) is 4.96. The van der Waals surface area contributed by atoms with E-state index < -0.39 is 5.41 Å². The molecule has 0 unspecified atom stereocenters. The first-order valence-electron chi connectivity index (χ1n) is 40.9. The van der Waals surface area contributed by atoms with Crippen LogP contribution in [0.3, 0.4) is 0 Å². The van der Waals surface area contributed by atoms with Crippen LogP contribution in [0.1, 0.15) is 39.2 Å². The van der Waals surface area contributed by atoms with Crippen LogP contribution in [0.5, 0.6) is 11.5 Å². The van der Waals surface area contributed by atoms with E-state index in [2.05, 4.69) is 438 Å². The summed E-state index contributed by atoms with van der Waals surface area (Å²) in [5.41, 5.74) is 33.8. The average molecular weight is 1520 g/mol. The molecule has 0 aliphatic carbocycles. The lowest BCUT2D eigenvalue weighted by molar-refractivity contribution is 0.477. The maximum absolute atomic E-state index is 6.71. The van der Waals surface area contributed by atoms with Crippen LogP contribution in [-0.2, 0) is 5.41 Å². The molecule has 6 heterocycles. The van der Waals surface area contributed by atoms with Gasteiger partial charge >= 0.3 is 0 Å². The molecule has 562 valence electrons. The Morgan fingerprint density at radius 2 is 0.681 bits per heavy atom. The summed E-state index contributed by atoms with van der Waals surface area (Å²) in [7, 11) is 0. The van der Waals surface area contributed by atoms with E-state index in [-0.39, 0.29) is 6.71 Å². The molecule has 3 aliphatic rings. The molecule has 0 radical (unpaired) electrons. The van der Waals surface area contributed by atoms with Gasteiger partial charge in [-0.1, -0.05) is 285 Å². The van der Waals surface area contributed by atoms with Gasteiger partial charge in [-0.2, -0.15) is 0 Å². The Labute approximate surface area is 692 Å². The summed E-state index contributed by atoms with van der Waals surface area (Å²) >= 11 is 0. The van der Waals surface area contributed by atoms with Gasteiger partial charge in [-0.3, -0.25) is 0 Å². The number of aryl methyl sites for hydroxylation is 2. The number of rotatable bonds is 11. The molecule has 9 heteroatoms. The molecular formula is C110H78BN7O. The predicted molar refractivity (Wildman–Crippen MR) is 495 cm³/mol. The normalized spacial score (nSPS) is 12.9. The first-order chi connectivity index (χ1) is 58.8. The lowest BCUT2D eigenvalue weighted by Gasteiger charge is -2.46. The SMILES string of the molecule is Cc1ccc2c(c1)Oc1cc(-c3ccc4c5ccccc5n(-c5ccccc5)c4c3)ccc1N2c1ccc(-c2nc(C)nc(-c3ccccc3)c2C)cc1.c1ccc(N2c3ccccc3B(c3ccc(N4c5ccccc5C(c5ccccc5)(c5ccc6c(c5)c5ccccc5n6-c5ccccc5)c5ccccc54)cc3)c3ccccc32)cc1. The Morgan fingerprint density at radius 3 is 1.29 bits per heavy atom. The molecule has 3 aromatic heterocycles. The quantitative estimate of drug-likeness (QED) is 0.120. The largest absolute Gasteiger partial charge is 0.453 e. The summed E-state index contributed by atoms with van der Waals surface area (Å²) in [6, 6.07) is 152. The Kier molecular flexibility index (Phi) is 17.1. The maximum Gasteiger partial charge on any atom is 0.246 e. The fourth-order valence-corrected chi connectivity index (χ4v) is 19.2. The van der Waals surface area contributed by atoms with Crippen LogP contribution in [0.25, 0.3) is 88.6 Å². The summed E-state index contributed by atoms with van der Waals surface area (Å²) in [6.07, 6.45) is 0. The van der Waals surface area contributed by atoms with Crippen LogP contribution in [0.15, 0.2) is 419 Å². The summed E-state index contributed by atoms with van der Waals surface area (Å²) < 4.78 is 11.5. The molecule has 3 aliphatic heterocycles. The van der Waals surface area contributed by atoms with E-state index in [0.717, 1.165) is 102 Å². The Bertz CT molecular complexity index is 7220. The van der Waals surface area contributed by atoms with Crippen LogP contribution in [0.4, 0.5) is 51.2 Å². The standard InChI is InChI=1S/C61H42BN3.C49H36N4O/c1-4-20-43(21-5-1)61(44-36-41-56-50(42-44)49-26-10-15-31-55(49)63(56)46-22-6-2-7-23-46)51-27-11-16-32-57(51)64(58-33-17-12-28-52(58)61)48-39-37-45(38-40-48)62-53-29-13-18-34-59(53)65(47-24-8-3-9-25-47)60-35-19-14-30-54(60)62;1-31-18-26-43-46(28-31)54-47-30-37(36-21-25-41-40-16-10-11-17-42(40)52(45(41)29-36)38-14-8-5-9-15-38)22-27-44(47)53(43)39-23-19-35(20-24-39)49-32(2)48(50-33(3)51-49)34-12-6-4-7-13-34/h1-42H;4-30H,1-3H3. The van der Waals surface area contributed by atoms with E-state index in [1.165, 1.54) is 105 Å². The summed E-state index contributed by atoms with van der Waals surface area (Å²) in [6.45, 7) is 6.25. The third-order valence-corrected chi connectivity index (χ3v) is 24.4. The fraction of sp³-hybridized carbons (Fsp3) is 0.0364. The predicted octanol–water partition coefficient (Wildman–Crippen LogP) is 26.3. The van der Waals surface area contributed by atoms with Crippen LogP contribution >= 0.6 is 0 Å². The number of para-hydroxylation sites is 9. The average Bonchev–Trinajstić information content (AvgIpc) is 1.51. The highest BCUT2D eigenvalue weighted by Crippen LogP contribution is 2.59. The first kappa shape index (κ1) is 70.3. The zero-order chi connectivity index (χ0) is 79.2. The van der Waals surface area contributed by atoms with Crippen LogP contribution < -0.4 is 35.8 Å². The van der Waals surface area contributed by atoms with Crippen molar-refractivity contribution in [1.29, 1.82) is 0 Å². The van der Waals surface area contributed by atoms with Gasteiger partial charge in [0.1, 0.15) is 5.82 Å². The number of hydrogen-bond donors (Lipinski definition) is 0. The van der Waals surface area contributed by atoms with E-state index in [4.69, 9.17) is 14.7 Å². The van der Waals surface area contributed by atoms with E-state index >= 15 is 0 Å². The fourth-order valence-electron chi connectivity index (χ4n) is 19.2. The third-order valence-electron chi connectivity index (χ3n) is 24.4. The molecule has 0 spiro atoms. The molecule has 20 aromatic rings. The van der Waals surface area contributed by atoms with Crippen molar-refractivity contribution >= 4 is 118 Å². The lowest BCUT2D eigenvalue weighted by Crippen LogP contribution is -2.57. The zero-order valence-corrected chi connectivity index (χ0v) is 66.0. The Hall–Kier alpha value is -15.3. The van der Waals surface area contributed by atoms with Crippen LogP contribution in [-0.4, -0.2) is 25.8 Å². The van der Waals surface area contributed by atoms with Gasteiger partial charge in [0.15, 0.2) is 11.5 Å². The molecule has 0 saturated carbocycles. The molecule has 0 amide bonds. The molecule has 0 fully saturated rings. The van der Waals surface area contributed by atoms with E-state index in [9.17, 15) is 0 Å². The third kappa shape index (κ3) is 11.7.